The van der Waals surface area contributed by atoms with Gasteiger partial charge in [-0.25, -0.2) is 0 Å². The average Bonchev–Trinajstić information content (AvgIpc) is 3.18. The van der Waals surface area contributed by atoms with Crippen LogP contribution >= 0.6 is 0 Å². The van der Waals surface area contributed by atoms with Crippen LogP contribution in [0.4, 0.5) is 5.69 Å². The number of anilines is 1. The monoisotopic (exact) mass is 566 g/mol. The van der Waals surface area contributed by atoms with E-state index in [4.69, 9.17) is 25.7 Å². The third kappa shape index (κ3) is 7.56. The fourth-order valence-electron chi connectivity index (χ4n) is 4.84. The van der Waals surface area contributed by atoms with Gasteiger partial charge in [-0.1, -0.05) is 20.8 Å². The molecule has 3 rings (SSSR count). The SMILES string of the molecule is CCOc1cc2c(cc1C(N)=O)C(=N)N(CC(=O)c1cc(N(C)C)c(OCCCCCC(=O)O)c(C(C)(C)C)c1)C2. The number of carboxylic acids is 1. The topological polar surface area (TPSA) is 146 Å². The van der Waals surface area contributed by atoms with Gasteiger partial charge in [0.25, 0.3) is 5.91 Å². The van der Waals surface area contributed by atoms with Crippen LogP contribution in [0.3, 0.4) is 0 Å². The highest BCUT2D eigenvalue weighted by Crippen LogP contribution is 2.40. The number of aliphatic carboxylic acids is 1. The van der Waals surface area contributed by atoms with Crippen molar-refractivity contribution in [2.75, 3.05) is 38.8 Å². The van der Waals surface area contributed by atoms with Crippen LogP contribution < -0.4 is 20.1 Å². The summed E-state index contributed by atoms with van der Waals surface area (Å²) in [5.41, 5.74) is 8.99. The summed E-state index contributed by atoms with van der Waals surface area (Å²) in [6, 6.07) is 7.00. The number of Topliss-reactive ketones (excluding diaryl/α,β-unsaturated/α-hetero) is 1. The number of ketones is 1. The summed E-state index contributed by atoms with van der Waals surface area (Å²) < 4.78 is 11.9. The van der Waals surface area contributed by atoms with E-state index in [9.17, 15) is 14.4 Å². The summed E-state index contributed by atoms with van der Waals surface area (Å²) in [5, 5.41) is 17.6. The van der Waals surface area contributed by atoms with Gasteiger partial charge in [0.2, 0.25) is 0 Å². The molecule has 1 aliphatic heterocycles. The average molecular weight is 567 g/mol. The Bertz CT molecular complexity index is 1330. The van der Waals surface area contributed by atoms with E-state index in [2.05, 4.69) is 20.8 Å². The largest absolute Gasteiger partial charge is 0.493 e. The molecule has 0 saturated carbocycles. The number of nitrogens with zero attached hydrogens (tertiary/aromatic N) is 2. The number of amidine groups is 1. The van der Waals surface area contributed by atoms with Gasteiger partial charge in [0.15, 0.2) is 5.78 Å². The number of carbonyl (C=O) groups is 3. The second-order valence-corrected chi connectivity index (χ2v) is 11.5. The summed E-state index contributed by atoms with van der Waals surface area (Å²) in [5.74, 6) is -0.326. The van der Waals surface area contributed by atoms with Gasteiger partial charge in [-0.3, -0.25) is 19.8 Å². The highest BCUT2D eigenvalue weighted by molar-refractivity contribution is 6.07. The van der Waals surface area contributed by atoms with E-state index in [0.717, 1.165) is 29.7 Å². The lowest BCUT2D eigenvalue weighted by Gasteiger charge is -2.28. The van der Waals surface area contributed by atoms with Crippen molar-refractivity contribution in [2.45, 2.75) is 65.3 Å². The number of carbonyl (C=O) groups excluding carboxylic acids is 2. The number of carboxylic acid groups (broad SMARTS) is 1. The molecule has 0 spiro atoms. The first-order valence-electron chi connectivity index (χ1n) is 13.9. The van der Waals surface area contributed by atoms with Crippen molar-refractivity contribution in [1.82, 2.24) is 4.90 Å². The molecule has 1 amide bonds. The van der Waals surface area contributed by atoms with Crippen LogP contribution in [0.5, 0.6) is 11.5 Å². The maximum absolute atomic E-state index is 13.7. The third-order valence-electron chi connectivity index (χ3n) is 7.00. The molecule has 10 heteroatoms. The molecule has 0 atom stereocenters. The van der Waals surface area contributed by atoms with Crippen LogP contribution in [-0.2, 0) is 16.8 Å². The Morgan fingerprint density at radius 1 is 1.07 bits per heavy atom. The van der Waals surface area contributed by atoms with E-state index in [1.54, 1.807) is 17.0 Å². The number of ether oxygens (including phenoxy) is 2. The number of unbranched alkanes of at least 4 members (excludes halogenated alkanes) is 2. The molecule has 0 unspecified atom stereocenters. The molecular formula is C31H42N4O6. The van der Waals surface area contributed by atoms with E-state index < -0.39 is 11.9 Å². The van der Waals surface area contributed by atoms with Gasteiger partial charge in [0.1, 0.15) is 17.3 Å². The van der Waals surface area contributed by atoms with Gasteiger partial charge >= 0.3 is 5.97 Å². The molecule has 2 aromatic carbocycles. The molecule has 0 saturated heterocycles. The predicted molar refractivity (Wildman–Crippen MR) is 159 cm³/mol. The van der Waals surface area contributed by atoms with Gasteiger partial charge < -0.3 is 30.1 Å². The normalized spacial score (nSPS) is 12.7. The molecule has 1 aliphatic rings. The molecule has 10 nitrogen and oxygen atoms in total. The Morgan fingerprint density at radius 2 is 1.78 bits per heavy atom. The molecule has 2 aromatic rings. The molecule has 0 aliphatic carbocycles. The number of hydrogen-bond acceptors (Lipinski definition) is 7. The Balaban J connectivity index is 1.85. The van der Waals surface area contributed by atoms with E-state index in [-0.39, 0.29) is 35.6 Å². The highest BCUT2D eigenvalue weighted by Gasteiger charge is 2.30. The minimum absolute atomic E-state index is 0.0103. The Morgan fingerprint density at radius 3 is 2.37 bits per heavy atom. The van der Waals surface area contributed by atoms with Crippen molar-refractivity contribution in [3.63, 3.8) is 0 Å². The fraction of sp³-hybridized carbons (Fsp3) is 0.484. The lowest BCUT2D eigenvalue weighted by atomic mass is 9.84. The van der Waals surface area contributed by atoms with Crippen LogP contribution in [0.25, 0.3) is 0 Å². The molecule has 222 valence electrons. The van der Waals surface area contributed by atoms with Gasteiger partial charge in [-0.15, -0.1) is 0 Å². The van der Waals surface area contributed by atoms with Crippen molar-refractivity contribution in [2.24, 2.45) is 5.73 Å². The maximum atomic E-state index is 13.7. The quantitative estimate of drug-likeness (QED) is 0.222. The van der Waals surface area contributed by atoms with Crippen molar-refractivity contribution >= 4 is 29.2 Å². The lowest BCUT2D eigenvalue weighted by Crippen LogP contribution is -2.30. The van der Waals surface area contributed by atoms with Gasteiger partial charge in [0, 0.05) is 43.8 Å². The minimum Gasteiger partial charge on any atom is -0.493 e. The minimum atomic E-state index is -0.797. The molecule has 0 radical (unpaired) electrons. The third-order valence-corrected chi connectivity index (χ3v) is 7.00. The van der Waals surface area contributed by atoms with Crippen molar-refractivity contribution in [1.29, 1.82) is 5.41 Å². The fourth-order valence-corrected chi connectivity index (χ4v) is 4.84. The first-order chi connectivity index (χ1) is 19.2. The van der Waals surface area contributed by atoms with E-state index in [0.29, 0.717) is 48.8 Å². The van der Waals surface area contributed by atoms with Crippen LogP contribution in [0.2, 0.25) is 0 Å². The number of primary amides is 1. The first-order valence-corrected chi connectivity index (χ1v) is 13.9. The van der Waals surface area contributed by atoms with Crippen molar-refractivity contribution in [3.05, 3.63) is 52.1 Å². The molecular weight excluding hydrogens is 524 g/mol. The Kier molecular flexibility index (Phi) is 10.0. The summed E-state index contributed by atoms with van der Waals surface area (Å²) in [6.07, 6.45) is 2.23. The highest BCUT2D eigenvalue weighted by atomic mass is 16.5. The maximum Gasteiger partial charge on any atom is 0.303 e. The smallest absolute Gasteiger partial charge is 0.303 e. The molecule has 1 heterocycles. The van der Waals surface area contributed by atoms with Crippen molar-refractivity contribution in [3.8, 4) is 11.5 Å². The summed E-state index contributed by atoms with van der Waals surface area (Å²) in [7, 11) is 3.80. The second-order valence-electron chi connectivity index (χ2n) is 11.5. The Hall–Kier alpha value is -4.08. The number of nitrogens with one attached hydrogen (secondary N) is 1. The summed E-state index contributed by atoms with van der Waals surface area (Å²) in [6.45, 7) is 9.15. The van der Waals surface area contributed by atoms with Gasteiger partial charge in [-0.2, -0.15) is 0 Å². The van der Waals surface area contributed by atoms with Crippen LogP contribution in [-0.4, -0.2) is 67.4 Å². The number of nitrogens with two attached hydrogens (primary N) is 1. The zero-order chi connectivity index (χ0) is 30.5. The van der Waals surface area contributed by atoms with Crippen LogP contribution in [0.1, 0.15) is 90.8 Å². The second kappa shape index (κ2) is 13.1. The predicted octanol–water partition coefficient (Wildman–Crippen LogP) is 4.60. The van der Waals surface area contributed by atoms with Crippen LogP contribution in [0, 0.1) is 5.41 Å². The van der Waals surface area contributed by atoms with Crippen molar-refractivity contribution < 1.29 is 29.0 Å². The zero-order valence-electron chi connectivity index (χ0n) is 24.9. The Labute approximate surface area is 241 Å². The van der Waals surface area contributed by atoms with Gasteiger partial charge in [0.05, 0.1) is 31.0 Å². The molecule has 0 fully saturated rings. The van der Waals surface area contributed by atoms with Crippen LogP contribution in [0.15, 0.2) is 24.3 Å². The van der Waals surface area contributed by atoms with Gasteiger partial charge in [-0.05, 0) is 61.4 Å². The molecule has 41 heavy (non-hydrogen) atoms. The lowest BCUT2D eigenvalue weighted by molar-refractivity contribution is -0.137. The zero-order valence-corrected chi connectivity index (χ0v) is 24.9. The number of fused-ring (bicyclic) bond motifs is 1. The van der Waals surface area contributed by atoms with E-state index in [1.165, 1.54) is 0 Å². The number of amides is 1. The standard InChI is InChI=1S/C31H42N4O6/c1-7-40-26-15-20-17-35(29(32)21(20)16-22(26)30(33)39)18-25(36)19-13-23(31(2,3)4)28(24(14-19)34(5)6)41-12-10-8-9-11-27(37)38/h13-16,32H,7-12,17-18H2,1-6H3,(H2,33,39)(H,37,38). The van der Waals surface area contributed by atoms with E-state index >= 15 is 0 Å². The molecule has 0 aromatic heterocycles. The number of rotatable bonds is 14. The molecule has 4 N–H and O–H groups in total. The number of benzene rings is 2. The summed E-state index contributed by atoms with van der Waals surface area (Å²) >= 11 is 0. The summed E-state index contributed by atoms with van der Waals surface area (Å²) in [4.78, 5) is 40.0. The van der Waals surface area contributed by atoms with E-state index in [1.807, 2.05) is 38.1 Å². The number of hydrogen-bond donors (Lipinski definition) is 3. The molecule has 0 bridgehead atoms. The first kappa shape index (κ1) is 31.4.